The van der Waals surface area contributed by atoms with Crippen LogP contribution in [0.5, 0.6) is 0 Å². The van der Waals surface area contributed by atoms with Crippen LogP contribution >= 0.6 is 23.5 Å². The van der Waals surface area contributed by atoms with Crippen molar-refractivity contribution in [3.63, 3.8) is 0 Å². The summed E-state index contributed by atoms with van der Waals surface area (Å²) in [5, 5.41) is 0. The lowest BCUT2D eigenvalue weighted by molar-refractivity contribution is 1.21. The van der Waals surface area contributed by atoms with Gasteiger partial charge >= 0.3 is 0 Å². The van der Waals surface area contributed by atoms with Gasteiger partial charge in [0.25, 0.3) is 0 Å². The zero-order chi connectivity index (χ0) is 17.7. The Labute approximate surface area is 156 Å². The molecule has 0 heterocycles. The standard InChI is InChI=1S/C22H30S2/c1-15-9-17(3)21(18(4)10-15)13-23-7-8-24-14-22-19(5)11-16(2)12-20(22)6/h9-12H,7-8,13-14H2,1-6H3. The second-order valence-corrected chi connectivity index (χ2v) is 9.07. The fourth-order valence-electron chi connectivity index (χ4n) is 3.34. The minimum absolute atomic E-state index is 1.14. The van der Waals surface area contributed by atoms with Gasteiger partial charge in [-0.1, -0.05) is 35.4 Å². The SMILES string of the molecule is Cc1cc(C)c(CSCCSCc2c(C)cc(C)cc2C)c(C)c1. The Bertz CT molecular complexity index is 594. The maximum atomic E-state index is 2.31. The van der Waals surface area contributed by atoms with Crippen LogP contribution in [0.2, 0.25) is 0 Å². The van der Waals surface area contributed by atoms with E-state index in [0.717, 1.165) is 11.5 Å². The van der Waals surface area contributed by atoms with Gasteiger partial charge in [-0.3, -0.25) is 0 Å². The third-order valence-corrected chi connectivity index (χ3v) is 6.78. The number of benzene rings is 2. The highest BCUT2D eigenvalue weighted by molar-refractivity contribution is 8.02. The molecule has 2 aromatic carbocycles. The Hall–Kier alpha value is -0.860. The predicted molar refractivity (Wildman–Crippen MR) is 114 cm³/mol. The zero-order valence-electron chi connectivity index (χ0n) is 16.0. The second-order valence-electron chi connectivity index (χ2n) is 6.86. The molecule has 0 nitrogen and oxygen atoms in total. The molecule has 0 unspecified atom stereocenters. The van der Waals surface area contributed by atoms with Crippen molar-refractivity contribution < 1.29 is 0 Å². The van der Waals surface area contributed by atoms with Gasteiger partial charge in [0.2, 0.25) is 0 Å². The van der Waals surface area contributed by atoms with E-state index in [-0.39, 0.29) is 0 Å². The highest BCUT2D eigenvalue weighted by Gasteiger charge is 2.06. The molecule has 0 saturated carbocycles. The van der Waals surface area contributed by atoms with Gasteiger partial charge in [-0.15, -0.1) is 0 Å². The van der Waals surface area contributed by atoms with E-state index in [0.29, 0.717) is 0 Å². The van der Waals surface area contributed by atoms with Crippen molar-refractivity contribution in [2.45, 2.75) is 53.0 Å². The van der Waals surface area contributed by atoms with E-state index in [4.69, 9.17) is 0 Å². The van der Waals surface area contributed by atoms with Gasteiger partial charge < -0.3 is 0 Å². The van der Waals surface area contributed by atoms with Crippen molar-refractivity contribution in [2.75, 3.05) is 11.5 Å². The van der Waals surface area contributed by atoms with E-state index in [9.17, 15) is 0 Å². The molecule has 0 aromatic heterocycles. The minimum atomic E-state index is 1.14. The molecule has 0 spiro atoms. The maximum absolute atomic E-state index is 2.31. The molecule has 0 fully saturated rings. The number of aryl methyl sites for hydroxylation is 6. The molecule has 0 amide bonds. The van der Waals surface area contributed by atoms with Gasteiger partial charge in [0.1, 0.15) is 0 Å². The molecule has 2 heteroatoms. The molecule has 0 atom stereocenters. The van der Waals surface area contributed by atoms with Crippen molar-refractivity contribution in [1.29, 1.82) is 0 Å². The maximum Gasteiger partial charge on any atom is 0.0190 e. The Morgan fingerprint density at radius 3 is 1.12 bits per heavy atom. The molecule has 0 saturated heterocycles. The molecule has 0 aliphatic rings. The lowest BCUT2D eigenvalue weighted by atomic mass is 10.0. The van der Waals surface area contributed by atoms with E-state index < -0.39 is 0 Å². The van der Waals surface area contributed by atoms with Gasteiger partial charge in [-0.05, 0) is 74.9 Å². The summed E-state index contributed by atoms with van der Waals surface area (Å²) in [6, 6.07) is 9.22. The molecule has 0 aliphatic carbocycles. The van der Waals surface area contributed by atoms with Crippen LogP contribution in [-0.4, -0.2) is 11.5 Å². The van der Waals surface area contributed by atoms with Gasteiger partial charge in [-0.25, -0.2) is 0 Å². The topological polar surface area (TPSA) is 0 Å². The smallest absolute Gasteiger partial charge is 0.0190 e. The van der Waals surface area contributed by atoms with Crippen LogP contribution in [0.4, 0.5) is 0 Å². The van der Waals surface area contributed by atoms with Gasteiger partial charge in [0, 0.05) is 23.0 Å². The summed E-state index contributed by atoms with van der Waals surface area (Å²) in [4.78, 5) is 0. The highest BCUT2D eigenvalue weighted by Crippen LogP contribution is 2.25. The van der Waals surface area contributed by atoms with Crippen LogP contribution in [-0.2, 0) is 11.5 Å². The molecule has 0 aliphatic heterocycles. The fraction of sp³-hybridized carbons (Fsp3) is 0.455. The van der Waals surface area contributed by atoms with E-state index >= 15 is 0 Å². The van der Waals surface area contributed by atoms with Crippen LogP contribution in [0, 0.1) is 41.5 Å². The Morgan fingerprint density at radius 1 is 0.542 bits per heavy atom. The highest BCUT2D eigenvalue weighted by atomic mass is 32.2. The van der Waals surface area contributed by atoms with Crippen LogP contribution in [0.15, 0.2) is 24.3 Å². The summed E-state index contributed by atoms with van der Waals surface area (Å²) in [6.07, 6.45) is 0. The van der Waals surface area contributed by atoms with Crippen molar-refractivity contribution >= 4 is 23.5 Å². The van der Waals surface area contributed by atoms with Crippen molar-refractivity contribution in [1.82, 2.24) is 0 Å². The molecule has 24 heavy (non-hydrogen) atoms. The Morgan fingerprint density at radius 2 is 0.833 bits per heavy atom. The van der Waals surface area contributed by atoms with Crippen molar-refractivity contribution in [3.05, 3.63) is 68.8 Å². The summed E-state index contributed by atoms with van der Waals surface area (Å²) < 4.78 is 0. The minimum Gasteiger partial charge on any atom is -0.156 e. The first kappa shape index (κ1) is 19.5. The lowest BCUT2D eigenvalue weighted by Gasteiger charge is -2.12. The average molecular weight is 359 g/mol. The summed E-state index contributed by atoms with van der Waals surface area (Å²) in [6.45, 7) is 13.3. The molecule has 2 rings (SSSR count). The molecular weight excluding hydrogens is 328 g/mol. The number of hydrogen-bond donors (Lipinski definition) is 0. The first-order valence-electron chi connectivity index (χ1n) is 8.67. The Balaban J connectivity index is 1.77. The lowest BCUT2D eigenvalue weighted by Crippen LogP contribution is -1.96. The molecule has 130 valence electrons. The van der Waals surface area contributed by atoms with Gasteiger partial charge in [-0.2, -0.15) is 23.5 Å². The van der Waals surface area contributed by atoms with Crippen LogP contribution in [0.3, 0.4) is 0 Å². The molecule has 2 aromatic rings. The summed E-state index contributed by atoms with van der Waals surface area (Å²) in [7, 11) is 0. The van der Waals surface area contributed by atoms with Gasteiger partial charge in [0.05, 0.1) is 0 Å². The quantitative estimate of drug-likeness (QED) is 0.505. The van der Waals surface area contributed by atoms with Crippen molar-refractivity contribution in [2.24, 2.45) is 0 Å². The number of rotatable bonds is 7. The van der Waals surface area contributed by atoms with E-state index in [2.05, 4.69) is 89.3 Å². The van der Waals surface area contributed by atoms with Crippen LogP contribution in [0.1, 0.15) is 44.5 Å². The first-order valence-corrected chi connectivity index (χ1v) is 11.0. The normalized spacial score (nSPS) is 11.1. The number of thioether (sulfide) groups is 2. The van der Waals surface area contributed by atoms with Crippen molar-refractivity contribution in [3.8, 4) is 0 Å². The third-order valence-electron chi connectivity index (χ3n) is 4.55. The van der Waals surface area contributed by atoms with E-state index in [1.54, 1.807) is 0 Å². The van der Waals surface area contributed by atoms with E-state index in [1.165, 1.54) is 56.0 Å². The average Bonchev–Trinajstić information content (AvgIpc) is 2.46. The summed E-state index contributed by atoms with van der Waals surface area (Å²) in [5.74, 6) is 4.73. The zero-order valence-corrected chi connectivity index (χ0v) is 17.6. The second kappa shape index (κ2) is 9.01. The Kier molecular flexibility index (Phi) is 7.31. The predicted octanol–water partition coefficient (Wildman–Crippen LogP) is 6.70. The van der Waals surface area contributed by atoms with E-state index in [1.807, 2.05) is 0 Å². The molecule has 0 bridgehead atoms. The summed E-state index contributed by atoms with van der Waals surface area (Å²) >= 11 is 4.13. The largest absolute Gasteiger partial charge is 0.156 e. The third kappa shape index (κ3) is 5.32. The fourth-order valence-corrected chi connectivity index (χ4v) is 5.89. The van der Waals surface area contributed by atoms with Crippen LogP contribution < -0.4 is 0 Å². The van der Waals surface area contributed by atoms with Crippen LogP contribution in [0.25, 0.3) is 0 Å². The molecule has 0 N–H and O–H groups in total. The molecule has 0 radical (unpaired) electrons. The van der Waals surface area contributed by atoms with Gasteiger partial charge in [0.15, 0.2) is 0 Å². The molecular formula is C22H30S2. The first-order chi connectivity index (χ1) is 11.4. The summed E-state index contributed by atoms with van der Waals surface area (Å²) in [5.41, 5.74) is 11.6. The monoisotopic (exact) mass is 358 g/mol. The number of hydrogen-bond acceptors (Lipinski definition) is 2.